The van der Waals surface area contributed by atoms with Crippen LogP contribution in [0.15, 0.2) is 39.5 Å². The summed E-state index contributed by atoms with van der Waals surface area (Å²) in [7, 11) is 0. The molecule has 0 spiro atoms. The van der Waals surface area contributed by atoms with Crippen LogP contribution in [0.25, 0.3) is 10.9 Å². The molecule has 1 atom stereocenters. The standard InChI is InChI=1S/C22H25N3O3/c1-13-10-15-17(11-22(2,3)12-18(15)28-13)24-20(26)9-8-19-23-16-7-5-4-6-14(16)21(27)25-19/h4-7,10,17H,8-9,11-12H2,1-3H3,(H,24,26)(H,23,25,27). The molecule has 1 aromatic carbocycles. The van der Waals surface area contributed by atoms with Crippen molar-refractivity contribution in [2.24, 2.45) is 5.41 Å². The number of nitrogens with one attached hydrogen (secondary N) is 2. The summed E-state index contributed by atoms with van der Waals surface area (Å²) in [5.74, 6) is 2.32. The summed E-state index contributed by atoms with van der Waals surface area (Å²) < 4.78 is 5.84. The molecule has 1 unspecified atom stereocenters. The zero-order valence-electron chi connectivity index (χ0n) is 16.5. The van der Waals surface area contributed by atoms with Crippen molar-refractivity contribution in [1.82, 2.24) is 15.3 Å². The van der Waals surface area contributed by atoms with Gasteiger partial charge in [0.05, 0.1) is 16.9 Å². The maximum absolute atomic E-state index is 12.6. The van der Waals surface area contributed by atoms with Crippen molar-refractivity contribution in [3.8, 4) is 0 Å². The fourth-order valence-electron chi connectivity index (χ4n) is 4.07. The Bertz CT molecular complexity index is 1090. The number of aryl methyl sites for hydroxylation is 2. The molecule has 1 aliphatic rings. The zero-order chi connectivity index (χ0) is 19.9. The van der Waals surface area contributed by atoms with Gasteiger partial charge in [-0.25, -0.2) is 4.98 Å². The van der Waals surface area contributed by atoms with E-state index in [2.05, 4.69) is 29.1 Å². The van der Waals surface area contributed by atoms with Crippen LogP contribution in [0, 0.1) is 12.3 Å². The van der Waals surface area contributed by atoms with Crippen LogP contribution >= 0.6 is 0 Å². The van der Waals surface area contributed by atoms with Gasteiger partial charge in [0.1, 0.15) is 17.3 Å². The summed E-state index contributed by atoms with van der Waals surface area (Å²) in [6.45, 7) is 6.32. The van der Waals surface area contributed by atoms with Crippen LogP contribution < -0.4 is 10.9 Å². The predicted molar refractivity (Wildman–Crippen MR) is 107 cm³/mol. The van der Waals surface area contributed by atoms with E-state index in [1.807, 2.05) is 25.1 Å². The first-order chi connectivity index (χ1) is 13.3. The van der Waals surface area contributed by atoms with Crippen molar-refractivity contribution in [3.63, 3.8) is 0 Å². The fraction of sp³-hybridized carbons (Fsp3) is 0.409. The van der Waals surface area contributed by atoms with Crippen LogP contribution in [-0.2, 0) is 17.6 Å². The minimum atomic E-state index is -0.173. The van der Waals surface area contributed by atoms with Gasteiger partial charge in [0, 0.05) is 24.8 Å². The molecule has 2 heterocycles. The normalized spacial score (nSPS) is 18.0. The summed E-state index contributed by atoms with van der Waals surface area (Å²) in [5, 5.41) is 3.71. The SMILES string of the molecule is Cc1cc2c(o1)CC(C)(C)CC2NC(=O)CCc1nc2ccccc2c(=O)[nH]1. The summed E-state index contributed by atoms with van der Waals surface area (Å²) in [5.41, 5.74) is 1.63. The summed E-state index contributed by atoms with van der Waals surface area (Å²) >= 11 is 0. The van der Waals surface area contributed by atoms with Gasteiger partial charge in [0.2, 0.25) is 5.91 Å². The first-order valence-corrected chi connectivity index (χ1v) is 9.67. The van der Waals surface area contributed by atoms with Gasteiger partial charge in [-0.15, -0.1) is 0 Å². The molecule has 146 valence electrons. The van der Waals surface area contributed by atoms with Crippen molar-refractivity contribution in [2.75, 3.05) is 0 Å². The summed E-state index contributed by atoms with van der Waals surface area (Å²) in [4.78, 5) is 32.0. The minimum Gasteiger partial charge on any atom is -0.466 e. The predicted octanol–water partition coefficient (Wildman–Crippen LogP) is 3.59. The van der Waals surface area contributed by atoms with Crippen LogP contribution in [0.3, 0.4) is 0 Å². The maximum Gasteiger partial charge on any atom is 0.258 e. The second kappa shape index (κ2) is 6.93. The lowest BCUT2D eigenvalue weighted by Gasteiger charge is -2.34. The van der Waals surface area contributed by atoms with Gasteiger partial charge >= 0.3 is 0 Å². The first kappa shape index (κ1) is 18.5. The van der Waals surface area contributed by atoms with Crippen molar-refractivity contribution in [1.29, 1.82) is 0 Å². The molecular formula is C22H25N3O3. The number of carbonyl (C=O) groups is 1. The Balaban J connectivity index is 1.46. The van der Waals surface area contributed by atoms with E-state index < -0.39 is 0 Å². The van der Waals surface area contributed by atoms with Crippen molar-refractivity contribution >= 4 is 16.8 Å². The van der Waals surface area contributed by atoms with Gasteiger partial charge in [0.15, 0.2) is 0 Å². The van der Waals surface area contributed by atoms with E-state index in [-0.39, 0.29) is 29.3 Å². The van der Waals surface area contributed by atoms with Gasteiger partial charge < -0.3 is 14.7 Å². The molecule has 0 aliphatic heterocycles. The van der Waals surface area contributed by atoms with E-state index in [0.29, 0.717) is 23.1 Å². The molecule has 1 amide bonds. The average Bonchev–Trinajstić information content (AvgIpc) is 2.99. The van der Waals surface area contributed by atoms with E-state index in [9.17, 15) is 9.59 Å². The molecule has 28 heavy (non-hydrogen) atoms. The Kier molecular flexibility index (Phi) is 4.57. The minimum absolute atomic E-state index is 0.0488. The second-order valence-electron chi connectivity index (χ2n) is 8.43. The number of furan rings is 1. The Labute approximate surface area is 163 Å². The molecule has 3 aromatic rings. The molecule has 0 bridgehead atoms. The lowest BCUT2D eigenvalue weighted by Crippen LogP contribution is -2.36. The molecule has 0 saturated carbocycles. The zero-order valence-corrected chi connectivity index (χ0v) is 16.5. The van der Waals surface area contributed by atoms with Gasteiger partial charge in [-0.1, -0.05) is 26.0 Å². The molecule has 2 aromatic heterocycles. The lowest BCUT2D eigenvalue weighted by molar-refractivity contribution is -0.122. The Morgan fingerprint density at radius 2 is 2.14 bits per heavy atom. The molecule has 2 N–H and O–H groups in total. The van der Waals surface area contributed by atoms with E-state index in [0.717, 1.165) is 29.9 Å². The Hall–Kier alpha value is -2.89. The summed E-state index contributed by atoms with van der Waals surface area (Å²) in [6.07, 6.45) is 2.41. The highest BCUT2D eigenvalue weighted by Gasteiger charge is 2.35. The number of amides is 1. The number of aromatic nitrogens is 2. The smallest absolute Gasteiger partial charge is 0.258 e. The number of carbonyl (C=O) groups excluding carboxylic acids is 1. The number of para-hydroxylation sites is 1. The molecule has 0 saturated heterocycles. The van der Waals surface area contributed by atoms with Gasteiger partial charge in [-0.05, 0) is 37.0 Å². The second-order valence-corrected chi connectivity index (χ2v) is 8.43. The first-order valence-electron chi connectivity index (χ1n) is 9.67. The lowest BCUT2D eigenvalue weighted by atomic mass is 9.74. The fourth-order valence-corrected chi connectivity index (χ4v) is 4.07. The van der Waals surface area contributed by atoms with E-state index in [1.54, 1.807) is 12.1 Å². The molecule has 6 nitrogen and oxygen atoms in total. The van der Waals surface area contributed by atoms with E-state index >= 15 is 0 Å². The van der Waals surface area contributed by atoms with Gasteiger partial charge in [-0.3, -0.25) is 9.59 Å². The van der Waals surface area contributed by atoms with Gasteiger partial charge in [0.25, 0.3) is 5.56 Å². The molecule has 1 aliphatic carbocycles. The van der Waals surface area contributed by atoms with Crippen molar-refractivity contribution in [3.05, 3.63) is 63.6 Å². The van der Waals surface area contributed by atoms with Crippen LogP contribution in [-0.4, -0.2) is 15.9 Å². The third kappa shape index (κ3) is 3.72. The highest BCUT2D eigenvalue weighted by molar-refractivity contribution is 5.78. The van der Waals surface area contributed by atoms with E-state index in [1.165, 1.54) is 0 Å². The topological polar surface area (TPSA) is 88.0 Å². The van der Waals surface area contributed by atoms with Crippen LogP contribution in [0.2, 0.25) is 0 Å². The number of benzene rings is 1. The number of hydrogen-bond donors (Lipinski definition) is 2. The number of rotatable bonds is 4. The Morgan fingerprint density at radius 1 is 1.36 bits per heavy atom. The third-order valence-electron chi connectivity index (χ3n) is 5.32. The molecule has 0 fully saturated rings. The quantitative estimate of drug-likeness (QED) is 0.725. The van der Waals surface area contributed by atoms with Crippen molar-refractivity contribution in [2.45, 2.75) is 52.5 Å². The van der Waals surface area contributed by atoms with Crippen LogP contribution in [0.1, 0.15) is 55.6 Å². The molecule has 0 radical (unpaired) electrons. The average molecular weight is 379 g/mol. The number of nitrogens with zero attached hydrogens (tertiary/aromatic N) is 1. The van der Waals surface area contributed by atoms with Crippen LogP contribution in [0.4, 0.5) is 0 Å². The number of H-pyrrole nitrogens is 1. The van der Waals surface area contributed by atoms with Gasteiger partial charge in [-0.2, -0.15) is 0 Å². The third-order valence-corrected chi connectivity index (χ3v) is 5.32. The highest BCUT2D eigenvalue weighted by atomic mass is 16.3. The monoisotopic (exact) mass is 379 g/mol. The highest BCUT2D eigenvalue weighted by Crippen LogP contribution is 2.42. The maximum atomic E-state index is 12.6. The molecule has 4 rings (SSSR count). The molecular weight excluding hydrogens is 354 g/mol. The number of hydrogen-bond acceptors (Lipinski definition) is 4. The van der Waals surface area contributed by atoms with Crippen LogP contribution in [0.5, 0.6) is 0 Å². The largest absolute Gasteiger partial charge is 0.466 e. The Morgan fingerprint density at radius 3 is 2.96 bits per heavy atom. The summed E-state index contributed by atoms with van der Waals surface area (Å²) in [6, 6.07) is 9.18. The number of fused-ring (bicyclic) bond motifs is 2. The number of aromatic amines is 1. The molecule has 6 heteroatoms. The van der Waals surface area contributed by atoms with E-state index in [4.69, 9.17) is 4.42 Å². The van der Waals surface area contributed by atoms with Crippen molar-refractivity contribution < 1.29 is 9.21 Å².